The summed E-state index contributed by atoms with van der Waals surface area (Å²) >= 11 is 0. The fourth-order valence-electron chi connectivity index (χ4n) is 4.58. The molecule has 2 aromatic carbocycles. The summed E-state index contributed by atoms with van der Waals surface area (Å²) in [7, 11) is 2.10. The number of rotatable bonds is 5. The van der Waals surface area contributed by atoms with Crippen molar-refractivity contribution >= 4 is 33.9 Å². The van der Waals surface area contributed by atoms with E-state index in [4.69, 9.17) is 19.6 Å². The van der Waals surface area contributed by atoms with Gasteiger partial charge in [0.1, 0.15) is 18.4 Å². The van der Waals surface area contributed by atoms with Gasteiger partial charge in [0.05, 0.1) is 23.1 Å². The Bertz CT molecular complexity index is 1430. The molecule has 0 unspecified atom stereocenters. The second-order valence-electron chi connectivity index (χ2n) is 8.97. The average Bonchev–Trinajstić information content (AvgIpc) is 3.52. The number of piperazine rings is 1. The molecule has 0 bridgehead atoms. The van der Waals surface area contributed by atoms with Crippen molar-refractivity contribution in [3.8, 4) is 0 Å². The molecule has 0 atom stereocenters. The smallest absolute Gasteiger partial charge is 0.250 e. The van der Waals surface area contributed by atoms with Gasteiger partial charge in [-0.05, 0) is 37.7 Å². The second kappa shape index (κ2) is 8.70. The van der Waals surface area contributed by atoms with Crippen molar-refractivity contribution in [2.45, 2.75) is 6.92 Å². The summed E-state index contributed by atoms with van der Waals surface area (Å²) in [4.78, 5) is 15.9. The van der Waals surface area contributed by atoms with Gasteiger partial charge in [-0.15, -0.1) is 5.10 Å². The van der Waals surface area contributed by atoms with Gasteiger partial charge in [0.15, 0.2) is 11.4 Å². The van der Waals surface area contributed by atoms with Gasteiger partial charge >= 0.3 is 0 Å². The third kappa shape index (κ3) is 4.10. The number of aromatic nitrogens is 4. The SMILES string of the molecule is Cc1cccc(N(CC2=COCO2)c2nc3c4c(N5CCN(C)CC5)cc(F)cc4ncn3n2)c1. The van der Waals surface area contributed by atoms with E-state index in [0.29, 0.717) is 29.4 Å². The van der Waals surface area contributed by atoms with E-state index in [1.807, 2.05) is 30.0 Å². The first kappa shape index (κ1) is 21.6. The minimum Gasteiger partial charge on any atom is -0.462 e. The number of anilines is 3. The van der Waals surface area contributed by atoms with Crippen molar-refractivity contribution in [1.29, 1.82) is 0 Å². The minimum atomic E-state index is -0.310. The van der Waals surface area contributed by atoms with Crippen molar-refractivity contribution in [2.75, 3.05) is 56.4 Å². The highest BCUT2D eigenvalue weighted by atomic mass is 19.1. The number of ether oxygens (including phenoxy) is 2. The molecule has 9 nitrogen and oxygen atoms in total. The van der Waals surface area contributed by atoms with E-state index in [1.54, 1.807) is 23.2 Å². The zero-order chi connectivity index (χ0) is 23.9. The van der Waals surface area contributed by atoms with E-state index >= 15 is 0 Å². The lowest BCUT2D eigenvalue weighted by molar-refractivity contribution is 0.0800. The number of hydrogen-bond acceptors (Lipinski definition) is 8. The number of hydrogen-bond donors (Lipinski definition) is 0. The molecule has 2 aliphatic heterocycles. The molecule has 0 saturated carbocycles. The van der Waals surface area contributed by atoms with Crippen molar-refractivity contribution in [2.24, 2.45) is 0 Å². The van der Waals surface area contributed by atoms with Gasteiger partial charge in [-0.1, -0.05) is 12.1 Å². The van der Waals surface area contributed by atoms with Crippen LogP contribution in [0.3, 0.4) is 0 Å². The summed E-state index contributed by atoms with van der Waals surface area (Å²) in [6.07, 6.45) is 3.20. The normalized spacial score (nSPS) is 16.4. The van der Waals surface area contributed by atoms with E-state index < -0.39 is 0 Å². The standard InChI is InChI=1S/C25H26FN7O2/c1-17-4-3-5-19(10-17)32(13-20-14-34-16-35-20)25-28-24-23-21(27-15-33(24)29-25)11-18(26)12-22(23)31-8-6-30(2)7-9-31/h3-5,10-12,14-15H,6-9,13,16H2,1-2H3. The topological polar surface area (TPSA) is 71.3 Å². The van der Waals surface area contributed by atoms with Gasteiger partial charge in [0, 0.05) is 37.9 Å². The van der Waals surface area contributed by atoms with Gasteiger partial charge in [-0.25, -0.2) is 9.37 Å². The number of likely N-dealkylation sites (N-methyl/N-ethyl adjacent to an activating group) is 1. The number of halogens is 1. The lowest BCUT2D eigenvalue weighted by Crippen LogP contribution is -2.44. The molecule has 2 aliphatic rings. The maximum absolute atomic E-state index is 14.6. The summed E-state index contributed by atoms with van der Waals surface area (Å²) in [6, 6.07) is 11.2. The van der Waals surface area contributed by atoms with Gasteiger partial charge in [-0.2, -0.15) is 9.50 Å². The zero-order valence-electron chi connectivity index (χ0n) is 19.7. The maximum Gasteiger partial charge on any atom is 0.250 e. The van der Waals surface area contributed by atoms with Crippen molar-refractivity contribution in [3.63, 3.8) is 0 Å². The first-order chi connectivity index (χ1) is 17.0. The lowest BCUT2D eigenvalue weighted by Gasteiger charge is -2.34. The highest BCUT2D eigenvalue weighted by molar-refractivity contribution is 6.02. The monoisotopic (exact) mass is 475 g/mol. The van der Waals surface area contributed by atoms with Gasteiger partial charge in [0.25, 0.3) is 5.95 Å². The summed E-state index contributed by atoms with van der Waals surface area (Å²) in [5, 5.41) is 5.55. The van der Waals surface area contributed by atoms with E-state index in [1.165, 1.54) is 6.07 Å². The Labute approximate surface area is 202 Å². The molecule has 0 N–H and O–H groups in total. The van der Waals surface area contributed by atoms with E-state index in [-0.39, 0.29) is 12.6 Å². The molecule has 0 spiro atoms. The van der Waals surface area contributed by atoms with Crippen LogP contribution in [0.4, 0.5) is 21.7 Å². The fraction of sp³-hybridized carbons (Fsp3) is 0.320. The minimum absolute atomic E-state index is 0.199. The second-order valence-corrected chi connectivity index (χ2v) is 8.97. The van der Waals surface area contributed by atoms with Crippen LogP contribution in [0, 0.1) is 12.7 Å². The maximum atomic E-state index is 14.6. The molecule has 35 heavy (non-hydrogen) atoms. The van der Waals surface area contributed by atoms with E-state index in [0.717, 1.165) is 48.5 Å². The van der Waals surface area contributed by atoms with Crippen LogP contribution in [0.1, 0.15) is 5.56 Å². The first-order valence-electron chi connectivity index (χ1n) is 11.6. The van der Waals surface area contributed by atoms with Crippen LogP contribution in [0.25, 0.3) is 16.6 Å². The highest BCUT2D eigenvalue weighted by Gasteiger charge is 2.24. The Balaban J connectivity index is 1.50. The Hall–Kier alpha value is -3.92. The number of aryl methyl sites for hydroxylation is 1. The molecule has 1 fully saturated rings. The van der Waals surface area contributed by atoms with Crippen molar-refractivity contribution in [3.05, 3.63) is 66.1 Å². The Morgan fingerprint density at radius 2 is 1.97 bits per heavy atom. The molecular formula is C25H26FN7O2. The molecule has 4 heterocycles. The van der Waals surface area contributed by atoms with Crippen LogP contribution in [-0.2, 0) is 9.47 Å². The van der Waals surface area contributed by atoms with Crippen LogP contribution < -0.4 is 9.80 Å². The Morgan fingerprint density at radius 1 is 1.11 bits per heavy atom. The van der Waals surface area contributed by atoms with Gasteiger partial charge < -0.3 is 24.2 Å². The number of nitrogens with zero attached hydrogens (tertiary/aromatic N) is 7. The number of benzene rings is 2. The third-order valence-corrected chi connectivity index (χ3v) is 6.45. The number of fused-ring (bicyclic) bond motifs is 3. The summed E-state index contributed by atoms with van der Waals surface area (Å²) in [5.74, 6) is 0.873. The molecule has 6 rings (SSSR count). The van der Waals surface area contributed by atoms with Crippen LogP contribution >= 0.6 is 0 Å². The molecule has 0 radical (unpaired) electrons. The van der Waals surface area contributed by atoms with Crippen LogP contribution in [-0.4, -0.2) is 71.0 Å². The summed E-state index contributed by atoms with van der Waals surface area (Å²) < 4.78 is 27.1. The van der Waals surface area contributed by atoms with E-state index in [2.05, 4.69) is 27.9 Å². The van der Waals surface area contributed by atoms with Gasteiger partial charge in [0.2, 0.25) is 6.79 Å². The largest absolute Gasteiger partial charge is 0.462 e. The predicted octanol–water partition coefficient (Wildman–Crippen LogP) is 3.46. The van der Waals surface area contributed by atoms with Crippen molar-refractivity contribution in [1.82, 2.24) is 24.5 Å². The third-order valence-electron chi connectivity index (χ3n) is 6.45. The fourth-order valence-corrected chi connectivity index (χ4v) is 4.58. The molecule has 0 aliphatic carbocycles. The summed E-state index contributed by atoms with van der Waals surface area (Å²) in [5.41, 5.74) is 4.04. The molecule has 2 aromatic heterocycles. The van der Waals surface area contributed by atoms with Crippen LogP contribution in [0.5, 0.6) is 0 Å². The zero-order valence-corrected chi connectivity index (χ0v) is 19.7. The van der Waals surface area contributed by atoms with Crippen molar-refractivity contribution < 1.29 is 13.9 Å². The summed E-state index contributed by atoms with van der Waals surface area (Å²) in [6.45, 7) is 6.07. The van der Waals surface area contributed by atoms with Crippen LogP contribution in [0.2, 0.25) is 0 Å². The van der Waals surface area contributed by atoms with Gasteiger partial charge in [-0.3, -0.25) is 0 Å². The molecule has 0 amide bonds. The molecule has 10 heteroatoms. The van der Waals surface area contributed by atoms with E-state index in [9.17, 15) is 4.39 Å². The molecular weight excluding hydrogens is 449 g/mol. The Morgan fingerprint density at radius 3 is 2.74 bits per heavy atom. The Kier molecular flexibility index (Phi) is 5.37. The quantitative estimate of drug-likeness (QED) is 0.435. The highest BCUT2D eigenvalue weighted by Crippen LogP contribution is 2.33. The predicted molar refractivity (Wildman–Crippen MR) is 131 cm³/mol. The molecule has 4 aromatic rings. The first-order valence-corrected chi connectivity index (χ1v) is 11.6. The van der Waals surface area contributed by atoms with Crippen LogP contribution in [0.15, 0.2) is 54.7 Å². The average molecular weight is 476 g/mol. The lowest BCUT2D eigenvalue weighted by atomic mass is 10.1. The molecule has 1 saturated heterocycles. The molecule has 180 valence electrons.